The number of aromatic amines is 1. The maximum atomic E-state index is 5.78. The molecule has 2 aromatic carbocycles. The Hall–Kier alpha value is -3.16. The first kappa shape index (κ1) is 20.7. The molecule has 0 spiro atoms. The van der Waals surface area contributed by atoms with Gasteiger partial charge in [0.15, 0.2) is 0 Å². The summed E-state index contributed by atoms with van der Waals surface area (Å²) in [5.41, 5.74) is 11.7. The van der Waals surface area contributed by atoms with Crippen molar-refractivity contribution >= 4 is 16.6 Å². The number of nitrogens with zero attached hydrogens (tertiary/aromatic N) is 5. The van der Waals surface area contributed by atoms with Gasteiger partial charge in [0, 0.05) is 61.2 Å². The van der Waals surface area contributed by atoms with E-state index >= 15 is 0 Å². The largest absolute Gasteiger partial charge is 0.399 e. The minimum Gasteiger partial charge on any atom is -0.399 e. The minimum absolute atomic E-state index is 0.839. The molecule has 0 radical (unpaired) electrons. The molecule has 2 aromatic heterocycles. The van der Waals surface area contributed by atoms with Crippen molar-refractivity contribution in [1.82, 2.24) is 29.5 Å². The van der Waals surface area contributed by atoms with Crippen LogP contribution in [0.2, 0.25) is 0 Å². The van der Waals surface area contributed by atoms with E-state index in [1.165, 1.54) is 28.5 Å². The van der Waals surface area contributed by atoms with E-state index in [9.17, 15) is 0 Å². The molecule has 1 aliphatic heterocycles. The Bertz CT molecular complexity index is 1120. The van der Waals surface area contributed by atoms with Crippen molar-refractivity contribution in [3.05, 3.63) is 72.4 Å². The molecule has 0 bridgehead atoms. The number of aromatic nitrogens is 4. The number of nitrogen functional groups attached to an aromatic ring is 1. The second-order valence-corrected chi connectivity index (χ2v) is 8.69. The topological polar surface area (TPSA) is 79.0 Å². The molecule has 0 amide bonds. The number of anilines is 1. The lowest BCUT2D eigenvalue weighted by Crippen LogP contribution is -2.47. The Balaban J connectivity index is 1.08. The van der Waals surface area contributed by atoms with Crippen LogP contribution in [0.25, 0.3) is 16.6 Å². The fraction of sp³-hybridized carbons (Fsp3) is 0.360. The first-order valence-electron chi connectivity index (χ1n) is 11.5. The highest BCUT2D eigenvalue weighted by atomic mass is 15.3. The second-order valence-electron chi connectivity index (χ2n) is 8.69. The molecule has 0 saturated carbocycles. The zero-order valence-electron chi connectivity index (χ0n) is 18.5. The number of hydrogen-bond donors (Lipinski definition) is 2. The average molecular weight is 430 g/mol. The van der Waals surface area contributed by atoms with Crippen LogP contribution in [0, 0.1) is 0 Å². The van der Waals surface area contributed by atoms with E-state index < -0.39 is 0 Å². The van der Waals surface area contributed by atoms with Crippen LogP contribution < -0.4 is 5.73 Å². The highest BCUT2D eigenvalue weighted by Gasteiger charge is 2.16. The number of aryl methyl sites for hydroxylation is 1. The third-order valence-electron chi connectivity index (χ3n) is 6.55. The van der Waals surface area contributed by atoms with Crippen molar-refractivity contribution in [3.8, 4) is 5.69 Å². The van der Waals surface area contributed by atoms with Gasteiger partial charge in [0.25, 0.3) is 0 Å². The van der Waals surface area contributed by atoms with Crippen molar-refractivity contribution in [2.45, 2.75) is 19.3 Å². The van der Waals surface area contributed by atoms with E-state index in [1.807, 2.05) is 16.7 Å². The molecule has 1 saturated heterocycles. The Labute approximate surface area is 188 Å². The number of rotatable bonds is 8. The van der Waals surface area contributed by atoms with Gasteiger partial charge in [0.1, 0.15) is 12.7 Å². The Kier molecular flexibility index (Phi) is 6.18. The van der Waals surface area contributed by atoms with Crippen LogP contribution in [0.5, 0.6) is 0 Å². The molecular weight excluding hydrogens is 398 g/mol. The zero-order valence-corrected chi connectivity index (χ0v) is 18.5. The van der Waals surface area contributed by atoms with Crippen LogP contribution in [0.15, 0.2) is 61.3 Å². The lowest BCUT2D eigenvalue weighted by Gasteiger charge is -2.34. The van der Waals surface area contributed by atoms with E-state index in [2.05, 4.69) is 61.5 Å². The number of nitrogens with two attached hydrogens (primary N) is 1. The van der Waals surface area contributed by atoms with Crippen molar-refractivity contribution < 1.29 is 0 Å². The van der Waals surface area contributed by atoms with Crippen LogP contribution in [0.1, 0.15) is 17.5 Å². The zero-order chi connectivity index (χ0) is 21.8. The standard InChI is InChI=1S/C25H31N7/c26-22-5-3-20(4-6-22)9-11-31-14-12-30(13-15-31)10-1-2-21-17-27-25-8-7-23(16-24(21)25)32-18-28-29-19-32/h3-8,16-19,27H,1-2,9-15,26H2. The molecule has 4 aromatic rings. The molecule has 3 N–H and O–H groups in total. The minimum atomic E-state index is 0.839. The monoisotopic (exact) mass is 429 g/mol. The van der Waals surface area contributed by atoms with E-state index in [4.69, 9.17) is 5.73 Å². The molecule has 166 valence electrons. The van der Waals surface area contributed by atoms with Gasteiger partial charge >= 0.3 is 0 Å². The molecule has 0 atom stereocenters. The summed E-state index contributed by atoms with van der Waals surface area (Å²) in [6, 6.07) is 14.7. The van der Waals surface area contributed by atoms with Crippen molar-refractivity contribution in [1.29, 1.82) is 0 Å². The summed E-state index contributed by atoms with van der Waals surface area (Å²) in [5, 5.41) is 9.13. The summed E-state index contributed by atoms with van der Waals surface area (Å²) < 4.78 is 1.95. The molecule has 0 aliphatic carbocycles. The molecule has 3 heterocycles. The summed E-state index contributed by atoms with van der Waals surface area (Å²) >= 11 is 0. The van der Waals surface area contributed by atoms with Crippen LogP contribution in [0.3, 0.4) is 0 Å². The summed E-state index contributed by atoms with van der Waals surface area (Å²) in [5.74, 6) is 0. The molecule has 1 fully saturated rings. The predicted octanol–water partition coefficient (Wildman–Crippen LogP) is 3.12. The van der Waals surface area contributed by atoms with Crippen LogP contribution in [-0.2, 0) is 12.8 Å². The van der Waals surface area contributed by atoms with Crippen LogP contribution >= 0.6 is 0 Å². The quantitative estimate of drug-likeness (QED) is 0.421. The van der Waals surface area contributed by atoms with Crippen LogP contribution in [0.4, 0.5) is 5.69 Å². The van der Waals surface area contributed by atoms with Gasteiger partial charge in [-0.1, -0.05) is 12.1 Å². The summed E-state index contributed by atoms with van der Waals surface area (Å²) in [7, 11) is 0. The molecule has 0 unspecified atom stereocenters. The summed E-state index contributed by atoms with van der Waals surface area (Å²) in [6.07, 6.45) is 9.00. The molecule has 7 heteroatoms. The van der Waals surface area contributed by atoms with Gasteiger partial charge in [-0.2, -0.15) is 0 Å². The smallest absolute Gasteiger partial charge is 0.123 e. The summed E-state index contributed by atoms with van der Waals surface area (Å²) in [4.78, 5) is 8.61. The van der Waals surface area contributed by atoms with Crippen molar-refractivity contribution in [3.63, 3.8) is 0 Å². The highest BCUT2D eigenvalue weighted by Crippen LogP contribution is 2.23. The number of piperazine rings is 1. The van der Waals surface area contributed by atoms with E-state index in [0.29, 0.717) is 0 Å². The maximum Gasteiger partial charge on any atom is 0.123 e. The van der Waals surface area contributed by atoms with E-state index in [1.54, 1.807) is 12.7 Å². The molecule has 1 aliphatic rings. The maximum absolute atomic E-state index is 5.78. The fourth-order valence-electron chi connectivity index (χ4n) is 4.57. The third kappa shape index (κ3) is 4.84. The number of benzene rings is 2. The van der Waals surface area contributed by atoms with Gasteiger partial charge in [0.2, 0.25) is 0 Å². The highest BCUT2D eigenvalue weighted by molar-refractivity contribution is 5.85. The van der Waals surface area contributed by atoms with Gasteiger partial charge < -0.3 is 20.5 Å². The molecular formula is C25H31N7. The van der Waals surface area contributed by atoms with Gasteiger partial charge in [-0.3, -0.25) is 4.57 Å². The number of hydrogen-bond acceptors (Lipinski definition) is 5. The van der Waals surface area contributed by atoms with Gasteiger partial charge in [-0.25, -0.2) is 0 Å². The Morgan fingerprint density at radius 3 is 2.31 bits per heavy atom. The van der Waals surface area contributed by atoms with Crippen molar-refractivity contribution in [2.75, 3.05) is 45.0 Å². The van der Waals surface area contributed by atoms with Crippen LogP contribution in [-0.4, -0.2) is 68.8 Å². The fourth-order valence-corrected chi connectivity index (χ4v) is 4.57. The third-order valence-corrected chi connectivity index (χ3v) is 6.55. The number of nitrogens with one attached hydrogen (secondary N) is 1. The molecule has 5 rings (SSSR count). The Morgan fingerprint density at radius 1 is 0.844 bits per heavy atom. The van der Waals surface area contributed by atoms with Crippen molar-refractivity contribution in [2.24, 2.45) is 0 Å². The lowest BCUT2D eigenvalue weighted by atomic mass is 10.1. The van der Waals surface area contributed by atoms with Gasteiger partial charge in [0.05, 0.1) is 0 Å². The number of fused-ring (bicyclic) bond motifs is 1. The number of H-pyrrole nitrogens is 1. The Morgan fingerprint density at radius 2 is 1.56 bits per heavy atom. The lowest BCUT2D eigenvalue weighted by molar-refractivity contribution is 0.132. The normalized spacial score (nSPS) is 15.5. The molecule has 7 nitrogen and oxygen atoms in total. The first-order valence-corrected chi connectivity index (χ1v) is 11.5. The van der Waals surface area contributed by atoms with Gasteiger partial charge in [-0.15, -0.1) is 10.2 Å². The average Bonchev–Trinajstić information content (AvgIpc) is 3.50. The predicted molar refractivity (Wildman–Crippen MR) is 129 cm³/mol. The summed E-state index contributed by atoms with van der Waals surface area (Å²) in [6.45, 7) is 6.92. The van der Waals surface area contributed by atoms with E-state index in [-0.39, 0.29) is 0 Å². The molecule has 32 heavy (non-hydrogen) atoms. The SMILES string of the molecule is Nc1ccc(CCN2CCN(CCCc3c[nH]c4ccc(-n5cnnc5)cc34)CC2)cc1. The first-order chi connectivity index (χ1) is 15.7. The second kappa shape index (κ2) is 9.54. The van der Waals surface area contributed by atoms with Gasteiger partial charge in [-0.05, 0) is 67.3 Å². The van der Waals surface area contributed by atoms with E-state index in [0.717, 1.165) is 63.5 Å².